The Kier molecular flexibility index (Phi) is 6.81. The van der Waals surface area contributed by atoms with Gasteiger partial charge in [-0.05, 0) is 99.5 Å². The maximum atomic E-state index is 13.4. The van der Waals surface area contributed by atoms with E-state index >= 15 is 0 Å². The van der Waals surface area contributed by atoms with Gasteiger partial charge in [0.1, 0.15) is 0 Å². The van der Waals surface area contributed by atoms with E-state index in [4.69, 9.17) is 28.9 Å². The van der Waals surface area contributed by atoms with Crippen molar-refractivity contribution in [2.45, 2.75) is 57.4 Å². The van der Waals surface area contributed by atoms with Crippen LogP contribution in [-0.2, 0) is 15.0 Å². The minimum Gasteiger partial charge on any atom is -0.354 e. The number of nitrogens with two attached hydrogens (primary N) is 1. The zero-order valence-corrected chi connectivity index (χ0v) is 22.3. The van der Waals surface area contributed by atoms with Gasteiger partial charge in [0.25, 0.3) is 0 Å². The van der Waals surface area contributed by atoms with Crippen molar-refractivity contribution in [3.05, 3.63) is 58.3 Å². The summed E-state index contributed by atoms with van der Waals surface area (Å²) in [5, 5.41) is 7.14. The number of nitrogens with one attached hydrogen (secondary N) is 2. The first-order valence-electron chi connectivity index (χ1n) is 12.8. The molecule has 3 atom stereocenters. The van der Waals surface area contributed by atoms with Gasteiger partial charge in [0.15, 0.2) is 0 Å². The van der Waals surface area contributed by atoms with Crippen LogP contribution < -0.4 is 16.4 Å². The monoisotopic (exact) mass is 528 g/mol. The molecule has 2 amide bonds. The molecule has 4 aliphatic carbocycles. The molecule has 0 aliphatic heterocycles. The summed E-state index contributed by atoms with van der Waals surface area (Å²) in [5.41, 5.74) is 7.28. The molecule has 0 radical (unpaired) electrons. The molecule has 1 aromatic carbocycles. The molecule has 36 heavy (non-hydrogen) atoms. The van der Waals surface area contributed by atoms with E-state index < -0.39 is 5.41 Å². The normalized spacial score (nSPS) is 29.6. The highest BCUT2D eigenvalue weighted by Crippen LogP contribution is 2.63. The summed E-state index contributed by atoms with van der Waals surface area (Å²) in [6.45, 7) is 4.17. The Labute approximate surface area is 222 Å². The largest absolute Gasteiger partial charge is 0.354 e. The highest BCUT2D eigenvalue weighted by atomic mass is 35.5. The van der Waals surface area contributed by atoms with Gasteiger partial charge in [-0.1, -0.05) is 29.3 Å². The Bertz CT molecular complexity index is 1140. The molecule has 4 N–H and O–H groups in total. The predicted octanol–water partition coefficient (Wildman–Crippen LogP) is 5.19. The smallest absolute Gasteiger partial charge is 0.230 e. The number of hydrogen-bond donors (Lipinski definition) is 3. The van der Waals surface area contributed by atoms with Gasteiger partial charge < -0.3 is 16.4 Å². The molecule has 1 heterocycles. The van der Waals surface area contributed by atoms with Crippen molar-refractivity contribution in [1.29, 1.82) is 0 Å². The lowest BCUT2D eigenvalue weighted by molar-refractivity contribution is -0.149. The standard InChI is InChI=1S/C28H34Cl2N4O2/c1-27(2,19-3-4-21(29)22(30)11-19)25(35)33-15-23(31)24-17-9-16-10-18(24)14-28(12-16,13-17)26(36)34-20-5-7-32-8-6-20/h3-8,11,16-18,23-24H,9-10,12-15,31H2,1-2H3,(H,33,35)(H,32,34,36). The Balaban J connectivity index is 1.23. The summed E-state index contributed by atoms with van der Waals surface area (Å²) in [7, 11) is 0. The van der Waals surface area contributed by atoms with Crippen molar-refractivity contribution in [2.75, 3.05) is 11.9 Å². The van der Waals surface area contributed by atoms with Gasteiger partial charge in [0, 0.05) is 30.7 Å². The van der Waals surface area contributed by atoms with Crippen LogP contribution >= 0.6 is 23.2 Å². The van der Waals surface area contributed by atoms with E-state index in [2.05, 4.69) is 15.6 Å². The fourth-order valence-corrected chi connectivity index (χ4v) is 7.62. The van der Waals surface area contributed by atoms with Gasteiger partial charge in [-0.3, -0.25) is 14.6 Å². The number of hydrogen-bond acceptors (Lipinski definition) is 4. The van der Waals surface area contributed by atoms with Crippen LogP contribution in [0.2, 0.25) is 10.0 Å². The van der Waals surface area contributed by atoms with Crippen LogP contribution in [0.4, 0.5) is 5.69 Å². The van der Waals surface area contributed by atoms with Gasteiger partial charge in [0.2, 0.25) is 11.8 Å². The summed E-state index contributed by atoms with van der Waals surface area (Å²) in [5.74, 6) is 1.77. The second-order valence-corrected chi connectivity index (χ2v) is 12.5. The molecule has 1 aromatic heterocycles. The highest BCUT2D eigenvalue weighted by molar-refractivity contribution is 6.42. The van der Waals surface area contributed by atoms with E-state index in [0.29, 0.717) is 40.3 Å². The van der Waals surface area contributed by atoms with Crippen molar-refractivity contribution in [1.82, 2.24) is 10.3 Å². The van der Waals surface area contributed by atoms with E-state index in [-0.39, 0.29) is 23.3 Å². The summed E-state index contributed by atoms with van der Waals surface area (Å²) in [4.78, 5) is 30.6. The number of amides is 2. The molecule has 3 unspecified atom stereocenters. The van der Waals surface area contributed by atoms with Crippen LogP contribution in [0, 0.1) is 29.1 Å². The first-order chi connectivity index (χ1) is 17.1. The lowest BCUT2D eigenvalue weighted by Crippen LogP contribution is -2.60. The first-order valence-corrected chi connectivity index (χ1v) is 13.6. The number of aromatic nitrogens is 1. The summed E-state index contributed by atoms with van der Waals surface area (Å²) < 4.78 is 0. The predicted molar refractivity (Wildman–Crippen MR) is 143 cm³/mol. The third-order valence-electron chi connectivity index (χ3n) is 8.97. The zero-order valence-electron chi connectivity index (χ0n) is 20.8. The number of benzene rings is 1. The minimum atomic E-state index is -0.771. The van der Waals surface area contributed by atoms with Gasteiger partial charge in [-0.15, -0.1) is 0 Å². The van der Waals surface area contributed by atoms with Crippen molar-refractivity contribution >= 4 is 40.7 Å². The van der Waals surface area contributed by atoms with Crippen LogP contribution in [0.1, 0.15) is 51.5 Å². The molecular weight excluding hydrogens is 495 g/mol. The molecule has 6 rings (SSSR count). The topological polar surface area (TPSA) is 97.1 Å². The van der Waals surface area contributed by atoms with E-state index in [1.807, 2.05) is 32.0 Å². The fraction of sp³-hybridized carbons (Fsp3) is 0.536. The van der Waals surface area contributed by atoms with Gasteiger partial charge >= 0.3 is 0 Å². The van der Waals surface area contributed by atoms with Gasteiger partial charge in [0.05, 0.1) is 20.9 Å². The number of rotatable bonds is 7. The molecule has 4 fully saturated rings. The molecule has 4 saturated carbocycles. The van der Waals surface area contributed by atoms with Crippen LogP contribution in [-0.4, -0.2) is 29.4 Å². The number of carbonyl (C=O) groups is 2. The zero-order chi connectivity index (χ0) is 25.7. The highest BCUT2D eigenvalue weighted by Gasteiger charge is 2.59. The number of pyridine rings is 1. The van der Waals surface area contributed by atoms with Crippen LogP contribution in [0.15, 0.2) is 42.7 Å². The molecule has 2 aromatic rings. The van der Waals surface area contributed by atoms with E-state index in [9.17, 15) is 9.59 Å². The number of carbonyl (C=O) groups excluding carboxylic acids is 2. The fourth-order valence-electron chi connectivity index (χ4n) is 7.32. The maximum Gasteiger partial charge on any atom is 0.230 e. The average molecular weight is 530 g/mol. The number of nitrogens with zero attached hydrogens (tertiary/aromatic N) is 1. The van der Waals surface area contributed by atoms with Crippen molar-refractivity contribution < 1.29 is 9.59 Å². The first kappa shape index (κ1) is 25.5. The second kappa shape index (κ2) is 9.62. The van der Waals surface area contributed by atoms with Gasteiger partial charge in [-0.25, -0.2) is 0 Å². The lowest BCUT2D eigenvalue weighted by atomic mass is 9.45. The SMILES string of the molecule is CC(C)(C(=O)NCC(N)C1C2CC3CC1CC(C(=O)Nc1ccncc1)(C3)C2)c1ccc(Cl)c(Cl)c1. The average Bonchev–Trinajstić information content (AvgIpc) is 2.84. The van der Waals surface area contributed by atoms with Gasteiger partial charge in [-0.2, -0.15) is 0 Å². The van der Waals surface area contributed by atoms with E-state index in [0.717, 1.165) is 43.4 Å². The third kappa shape index (κ3) is 4.64. The van der Waals surface area contributed by atoms with Crippen molar-refractivity contribution in [3.8, 4) is 0 Å². The maximum absolute atomic E-state index is 13.4. The summed E-state index contributed by atoms with van der Waals surface area (Å²) in [6, 6.07) is 8.82. The van der Waals surface area contributed by atoms with Crippen molar-refractivity contribution in [2.24, 2.45) is 34.8 Å². The van der Waals surface area contributed by atoms with Crippen molar-refractivity contribution in [3.63, 3.8) is 0 Å². The Morgan fingerprint density at radius 3 is 2.39 bits per heavy atom. The number of halogens is 2. The van der Waals surface area contributed by atoms with Crippen LogP contribution in [0.5, 0.6) is 0 Å². The Hall–Kier alpha value is -2.15. The Morgan fingerprint density at radius 2 is 1.75 bits per heavy atom. The quantitative estimate of drug-likeness (QED) is 0.460. The third-order valence-corrected chi connectivity index (χ3v) is 9.71. The lowest BCUT2D eigenvalue weighted by Gasteiger charge is -2.60. The summed E-state index contributed by atoms with van der Waals surface area (Å²) >= 11 is 12.2. The van der Waals surface area contributed by atoms with Crippen LogP contribution in [0.3, 0.4) is 0 Å². The molecule has 4 bridgehead atoms. The van der Waals surface area contributed by atoms with E-state index in [1.165, 1.54) is 0 Å². The molecule has 0 spiro atoms. The molecule has 4 aliphatic rings. The molecule has 8 heteroatoms. The minimum absolute atomic E-state index is 0.0895. The van der Waals surface area contributed by atoms with Crippen LogP contribution in [0.25, 0.3) is 0 Å². The second-order valence-electron chi connectivity index (χ2n) is 11.6. The molecule has 0 saturated heterocycles. The number of anilines is 1. The summed E-state index contributed by atoms with van der Waals surface area (Å²) in [6.07, 6.45) is 8.36. The molecule has 6 nitrogen and oxygen atoms in total. The van der Waals surface area contributed by atoms with E-state index in [1.54, 1.807) is 24.5 Å². The Morgan fingerprint density at radius 1 is 1.08 bits per heavy atom. The molecular formula is C28H34Cl2N4O2. The molecule has 192 valence electrons.